The summed E-state index contributed by atoms with van der Waals surface area (Å²) in [5.41, 5.74) is 2.52. The first-order chi connectivity index (χ1) is 13.2. The van der Waals surface area contributed by atoms with Gasteiger partial charge in [0.25, 0.3) is 5.91 Å². The first-order valence-electron chi connectivity index (χ1n) is 9.08. The van der Waals surface area contributed by atoms with Gasteiger partial charge < -0.3 is 14.9 Å². The maximum atomic E-state index is 13.2. The number of amides is 1. The van der Waals surface area contributed by atoms with Crippen molar-refractivity contribution in [3.63, 3.8) is 0 Å². The minimum absolute atomic E-state index is 0.143. The number of carbonyl (C=O) groups is 1. The predicted molar refractivity (Wildman–Crippen MR) is 104 cm³/mol. The zero-order valence-corrected chi connectivity index (χ0v) is 14.6. The monoisotopic (exact) mass is 358 g/mol. The average molecular weight is 358 g/mol. The summed E-state index contributed by atoms with van der Waals surface area (Å²) in [7, 11) is 0. The maximum Gasteiger partial charge on any atom is 0.259 e. The molecule has 0 radical (unpaired) electrons. The van der Waals surface area contributed by atoms with Gasteiger partial charge in [0.2, 0.25) is 5.43 Å². The number of carbonyl (C=O) groups excluding carboxylic acids is 1. The number of aromatic nitrogens is 3. The van der Waals surface area contributed by atoms with Crippen molar-refractivity contribution in [2.75, 3.05) is 6.54 Å². The number of pyridine rings is 1. The predicted octanol–water partition coefficient (Wildman–Crippen LogP) is 3.38. The molecule has 2 aromatic carbocycles. The molecule has 0 unspecified atom stereocenters. The lowest BCUT2D eigenvalue weighted by Gasteiger charge is -2.23. The summed E-state index contributed by atoms with van der Waals surface area (Å²) in [6, 6.07) is 14.9. The molecule has 1 aliphatic heterocycles. The van der Waals surface area contributed by atoms with Crippen LogP contribution in [0.1, 0.15) is 35.1 Å². The Morgan fingerprint density at radius 1 is 1.07 bits per heavy atom. The number of para-hydroxylation sites is 3. The number of H-pyrrole nitrogens is 2. The van der Waals surface area contributed by atoms with Gasteiger partial charge in [-0.2, -0.15) is 0 Å². The van der Waals surface area contributed by atoms with E-state index in [1.807, 2.05) is 36.4 Å². The third kappa shape index (κ3) is 2.52. The molecule has 3 heterocycles. The molecular weight excluding hydrogens is 340 g/mol. The highest BCUT2D eigenvalue weighted by Crippen LogP contribution is 2.32. The number of likely N-dealkylation sites (tertiary alicyclic amines) is 1. The standard InChI is InChI=1S/C21H18N4O2/c26-19-13-6-1-2-7-15(13)22-12-14(19)21(27)25-11-5-10-18(25)20-23-16-8-3-4-9-17(16)24-20/h1-4,6-9,12,18H,5,10-11H2,(H,22,26)(H,23,24)/t18-/m1/s1. The van der Waals surface area contributed by atoms with Crippen molar-refractivity contribution in [1.29, 1.82) is 0 Å². The minimum Gasteiger partial charge on any atom is -0.360 e. The average Bonchev–Trinajstić information content (AvgIpc) is 3.34. The number of nitrogens with zero attached hydrogens (tertiary/aromatic N) is 2. The fourth-order valence-electron chi connectivity index (χ4n) is 3.91. The highest BCUT2D eigenvalue weighted by Gasteiger charge is 2.33. The van der Waals surface area contributed by atoms with Crippen LogP contribution in [-0.4, -0.2) is 32.3 Å². The molecule has 134 valence electrons. The topological polar surface area (TPSA) is 81.8 Å². The van der Waals surface area contributed by atoms with Crippen LogP contribution in [0.2, 0.25) is 0 Å². The third-order valence-corrected chi connectivity index (χ3v) is 5.26. The van der Waals surface area contributed by atoms with Crippen molar-refractivity contribution in [2.45, 2.75) is 18.9 Å². The maximum absolute atomic E-state index is 13.2. The molecule has 6 nitrogen and oxygen atoms in total. The molecule has 2 N–H and O–H groups in total. The van der Waals surface area contributed by atoms with E-state index in [-0.39, 0.29) is 22.9 Å². The highest BCUT2D eigenvalue weighted by molar-refractivity contribution is 5.97. The van der Waals surface area contributed by atoms with Crippen LogP contribution < -0.4 is 5.43 Å². The Balaban J connectivity index is 1.54. The van der Waals surface area contributed by atoms with Crippen molar-refractivity contribution < 1.29 is 4.79 Å². The van der Waals surface area contributed by atoms with E-state index >= 15 is 0 Å². The summed E-state index contributed by atoms with van der Waals surface area (Å²) in [5.74, 6) is 0.532. The Kier molecular flexibility index (Phi) is 3.57. The SMILES string of the molecule is O=C(c1c[nH]c2ccccc2c1=O)N1CCC[C@@H]1c1nc2ccccc2[nH]1. The summed E-state index contributed by atoms with van der Waals surface area (Å²) in [5, 5.41) is 0.530. The van der Waals surface area contributed by atoms with Gasteiger partial charge in [0.05, 0.1) is 17.1 Å². The lowest BCUT2D eigenvalue weighted by Crippen LogP contribution is -2.34. The van der Waals surface area contributed by atoms with Gasteiger partial charge in [-0.25, -0.2) is 4.98 Å². The van der Waals surface area contributed by atoms with Gasteiger partial charge in [-0.15, -0.1) is 0 Å². The molecule has 5 rings (SSSR count). The smallest absolute Gasteiger partial charge is 0.259 e. The summed E-state index contributed by atoms with van der Waals surface area (Å²) in [4.78, 5) is 38.8. The van der Waals surface area contributed by atoms with Crippen LogP contribution in [-0.2, 0) is 0 Å². The molecule has 0 bridgehead atoms. The van der Waals surface area contributed by atoms with E-state index in [9.17, 15) is 9.59 Å². The van der Waals surface area contributed by atoms with Crippen LogP contribution in [0.4, 0.5) is 0 Å². The zero-order valence-electron chi connectivity index (χ0n) is 14.6. The zero-order chi connectivity index (χ0) is 18.4. The third-order valence-electron chi connectivity index (χ3n) is 5.26. The molecule has 27 heavy (non-hydrogen) atoms. The molecule has 0 spiro atoms. The van der Waals surface area contributed by atoms with Gasteiger partial charge in [0, 0.05) is 23.6 Å². The summed E-state index contributed by atoms with van der Waals surface area (Å²) >= 11 is 0. The number of aromatic amines is 2. The largest absolute Gasteiger partial charge is 0.360 e. The van der Waals surface area contributed by atoms with E-state index < -0.39 is 0 Å². The number of hydrogen-bond donors (Lipinski definition) is 2. The van der Waals surface area contributed by atoms with E-state index in [4.69, 9.17) is 0 Å². The number of rotatable bonds is 2. The van der Waals surface area contributed by atoms with Crippen LogP contribution in [0.3, 0.4) is 0 Å². The lowest BCUT2D eigenvalue weighted by molar-refractivity contribution is 0.0729. The second-order valence-corrected chi connectivity index (χ2v) is 6.87. The van der Waals surface area contributed by atoms with Crippen molar-refractivity contribution in [2.24, 2.45) is 0 Å². The van der Waals surface area contributed by atoms with Crippen LogP contribution in [0.15, 0.2) is 59.5 Å². The van der Waals surface area contributed by atoms with Gasteiger partial charge in [-0.05, 0) is 37.1 Å². The second kappa shape index (κ2) is 6.09. The summed E-state index contributed by atoms with van der Waals surface area (Å²) in [6.07, 6.45) is 3.25. The van der Waals surface area contributed by atoms with Gasteiger partial charge in [-0.1, -0.05) is 24.3 Å². The number of hydrogen-bond acceptors (Lipinski definition) is 3. The number of fused-ring (bicyclic) bond motifs is 2. The molecule has 4 aromatic rings. The molecule has 1 saturated heterocycles. The van der Waals surface area contributed by atoms with Crippen LogP contribution in [0, 0.1) is 0 Å². The van der Waals surface area contributed by atoms with E-state index in [0.29, 0.717) is 11.9 Å². The highest BCUT2D eigenvalue weighted by atomic mass is 16.2. The van der Waals surface area contributed by atoms with E-state index in [2.05, 4.69) is 15.0 Å². The Labute approximate surface area is 154 Å². The van der Waals surface area contributed by atoms with Crippen LogP contribution in [0.5, 0.6) is 0 Å². The van der Waals surface area contributed by atoms with E-state index in [1.54, 1.807) is 17.0 Å². The number of benzene rings is 2. The minimum atomic E-state index is -0.245. The molecule has 1 amide bonds. The van der Waals surface area contributed by atoms with Gasteiger partial charge >= 0.3 is 0 Å². The van der Waals surface area contributed by atoms with E-state index in [1.165, 1.54) is 6.20 Å². The van der Waals surface area contributed by atoms with Crippen LogP contribution in [0.25, 0.3) is 21.9 Å². The molecule has 1 atom stereocenters. The molecule has 1 fully saturated rings. The molecule has 1 aliphatic rings. The number of nitrogens with one attached hydrogen (secondary N) is 2. The molecule has 0 saturated carbocycles. The van der Waals surface area contributed by atoms with Gasteiger partial charge in [0.1, 0.15) is 11.4 Å². The molecule has 6 heteroatoms. The molecule has 2 aromatic heterocycles. The van der Waals surface area contributed by atoms with Gasteiger partial charge in [0.15, 0.2) is 0 Å². The quantitative estimate of drug-likeness (QED) is 0.576. The van der Waals surface area contributed by atoms with E-state index in [0.717, 1.165) is 35.2 Å². The number of imidazole rings is 1. The van der Waals surface area contributed by atoms with Gasteiger partial charge in [-0.3, -0.25) is 9.59 Å². The lowest BCUT2D eigenvalue weighted by atomic mass is 10.1. The second-order valence-electron chi connectivity index (χ2n) is 6.87. The molecular formula is C21H18N4O2. The summed E-state index contributed by atoms with van der Waals surface area (Å²) < 4.78 is 0. The molecule has 0 aliphatic carbocycles. The van der Waals surface area contributed by atoms with Crippen molar-refractivity contribution in [3.05, 3.63) is 76.3 Å². The fourth-order valence-corrected chi connectivity index (χ4v) is 3.91. The first-order valence-corrected chi connectivity index (χ1v) is 9.08. The Hall–Kier alpha value is -3.41. The normalized spacial score (nSPS) is 17.0. The van der Waals surface area contributed by atoms with Crippen molar-refractivity contribution in [3.8, 4) is 0 Å². The van der Waals surface area contributed by atoms with Crippen molar-refractivity contribution >= 4 is 27.8 Å². The van der Waals surface area contributed by atoms with Crippen molar-refractivity contribution in [1.82, 2.24) is 19.9 Å². The first kappa shape index (κ1) is 15.8. The fraction of sp³-hybridized carbons (Fsp3) is 0.190. The Morgan fingerprint density at radius 3 is 2.70 bits per heavy atom. The summed E-state index contributed by atoms with van der Waals surface area (Å²) in [6.45, 7) is 0.618. The Bertz CT molecular complexity index is 1190. The Morgan fingerprint density at radius 2 is 1.85 bits per heavy atom. The van der Waals surface area contributed by atoms with Crippen LogP contribution >= 0.6 is 0 Å².